The molecule has 0 unspecified atom stereocenters. The predicted molar refractivity (Wildman–Crippen MR) is 234 cm³/mol. The fraction of sp³-hybridized carbons (Fsp3) is 0.423. The Morgan fingerprint density at radius 2 is 1.16 bits per heavy atom. The van der Waals surface area contributed by atoms with Crippen LogP contribution in [-0.2, 0) is 29.9 Å². The second-order valence-electron chi connectivity index (χ2n) is 17.6. The number of allylic oxidation sites excluding steroid dienone is 6. The van der Waals surface area contributed by atoms with Crippen LogP contribution in [0.25, 0.3) is 17.7 Å². The summed E-state index contributed by atoms with van der Waals surface area (Å²) < 4.78 is 11.1. The Kier molecular flexibility index (Phi) is 15.1. The molecule has 0 heterocycles. The van der Waals surface area contributed by atoms with Crippen LogP contribution in [0.5, 0.6) is 0 Å². The van der Waals surface area contributed by atoms with E-state index in [1.165, 1.54) is 45.6 Å². The van der Waals surface area contributed by atoms with Crippen molar-refractivity contribution in [3.05, 3.63) is 148 Å². The maximum absolute atomic E-state index is 12.3. The lowest BCUT2D eigenvalue weighted by atomic mass is 9.67. The van der Waals surface area contributed by atoms with Crippen molar-refractivity contribution in [1.82, 2.24) is 0 Å². The molecule has 0 N–H and O–H groups in total. The molecular weight excluding hydrogens is 689 g/mol. The van der Waals surface area contributed by atoms with Gasteiger partial charge >= 0.3 is 11.9 Å². The van der Waals surface area contributed by atoms with Gasteiger partial charge in [-0.3, -0.25) is 0 Å². The van der Waals surface area contributed by atoms with Crippen molar-refractivity contribution in [3.63, 3.8) is 0 Å². The molecule has 4 heteroatoms. The van der Waals surface area contributed by atoms with Gasteiger partial charge in [0.25, 0.3) is 0 Å². The molecule has 296 valence electrons. The molecular formula is C52H64O4. The summed E-state index contributed by atoms with van der Waals surface area (Å²) in [5, 5.41) is 0. The Morgan fingerprint density at radius 3 is 1.66 bits per heavy atom. The van der Waals surface area contributed by atoms with Gasteiger partial charge in [-0.2, -0.15) is 0 Å². The third-order valence-corrected chi connectivity index (χ3v) is 11.3. The Balaban J connectivity index is 1.26. The van der Waals surface area contributed by atoms with Gasteiger partial charge in [-0.1, -0.05) is 183 Å². The summed E-state index contributed by atoms with van der Waals surface area (Å²) in [4.78, 5) is 24.7. The molecule has 2 aliphatic rings. The Bertz CT molecular complexity index is 1830. The normalized spacial score (nSPS) is 15.1. The number of ether oxygens (including phenoxy) is 2. The molecule has 0 bridgehead atoms. The minimum Gasteiger partial charge on any atom is -0.463 e. The minimum absolute atomic E-state index is 0.0461. The van der Waals surface area contributed by atoms with Gasteiger partial charge in [0.1, 0.15) is 0 Å². The molecule has 56 heavy (non-hydrogen) atoms. The van der Waals surface area contributed by atoms with E-state index in [9.17, 15) is 9.59 Å². The van der Waals surface area contributed by atoms with Gasteiger partial charge < -0.3 is 9.47 Å². The van der Waals surface area contributed by atoms with Crippen LogP contribution in [0.15, 0.2) is 120 Å². The van der Waals surface area contributed by atoms with E-state index >= 15 is 0 Å². The van der Waals surface area contributed by atoms with E-state index in [1.807, 2.05) is 60.7 Å². The second-order valence-corrected chi connectivity index (χ2v) is 17.6. The number of hydrogen-bond donors (Lipinski definition) is 0. The summed E-state index contributed by atoms with van der Waals surface area (Å²) in [6.45, 7) is 14.9. The van der Waals surface area contributed by atoms with Crippen molar-refractivity contribution in [3.8, 4) is 0 Å². The van der Waals surface area contributed by atoms with Gasteiger partial charge in [0.2, 0.25) is 0 Å². The Hall–Kier alpha value is -4.70. The highest BCUT2D eigenvalue weighted by molar-refractivity contribution is 5.89. The van der Waals surface area contributed by atoms with Crippen molar-refractivity contribution < 1.29 is 19.1 Å². The van der Waals surface area contributed by atoms with Crippen LogP contribution >= 0.6 is 0 Å². The largest absolute Gasteiger partial charge is 0.463 e. The molecule has 0 saturated carbocycles. The standard InChI is InChI=1S/C52H64O4/c1-50(2,3)42-26-21-27-44-45-31-30-43(51(4,5)6)39-47(45)52(46(44)38-42,34-17-7-9-19-36-55-48(53)32-28-40-22-13-11-14-23-40)35-18-8-10-20-37-56-49(54)33-29-41-24-15-12-16-25-41/h11-16,21-25,27-33,38-39H,7-10,17-20,26,34-37H2,1-6H3/b32-28+,33-29+. The van der Waals surface area contributed by atoms with E-state index in [-0.39, 0.29) is 28.2 Å². The van der Waals surface area contributed by atoms with E-state index in [1.54, 1.807) is 12.2 Å². The molecule has 2 aliphatic carbocycles. The molecule has 0 aromatic heterocycles. The zero-order valence-corrected chi connectivity index (χ0v) is 34.9. The third kappa shape index (κ3) is 11.9. The average Bonchev–Trinajstić information content (AvgIpc) is 3.28. The molecule has 0 fully saturated rings. The zero-order valence-electron chi connectivity index (χ0n) is 34.9. The first-order valence-corrected chi connectivity index (χ1v) is 20.9. The quantitative estimate of drug-likeness (QED) is 0.0737. The van der Waals surface area contributed by atoms with E-state index < -0.39 is 0 Å². The van der Waals surface area contributed by atoms with Gasteiger partial charge in [-0.05, 0) is 94.0 Å². The summed E-state index contributed by atoms with van der Waals surface area (Å²) in [6.07, 6.45) is 25.3. The van der Waals surface area contributed by atoms with Gasteiger partial charge in [0.15, 0.2) is 0 Å². The highest BCUT2D eigenvalue weighted by atomic mass is 16.5. The number of fused-ring (bicyclic) bond motifs is 2. The van der Waals surface area contributed by atoms with E-state index in [2.05, 4.69) is 78.0 Å². The van der Waals surface area contributed by atoms with Crippen LogP contribution in [0.3, 0.4) is 0 Å². The smallest absolute Gasteiger partial charge is 0.330 e. The van der Waals surface area contributed by atoms with Crippen molar-refractivity contribution in [1.29, 1.82) is 0 Å². The summed E-state index contributed by atoms with van der Waals surface area (Å²) in [5.41, 5.74) is 10.7. The number of esters is 2. The van der Waals surface area contributed by atoms with Crippen LogP contribution in [0, 0.1) is 5.41 Å². The monoisotopic (exact) mass is 752 g/mol. The number of carbonyl (C=O) groups is 2. The topological polar surface area (TPSA) is 52.6 Å². The lowest BCUT2D eigenvalue weighted by Crippen LogP contribution is -2.28. The molecule has 3 aromatic carbocycles. The highest BCUT2D eigenvalue weighted by Gasteiger charge is 2.44. The van der Waals surface area contributed by atoms with Crippen molar-refractivity contribution in [2.45, 2.75) is 123 Å². The summed E-state index contributed by atoms with van der Waals surface area (Å²) in [5.74, 6) is -0.573. The first kappa shape index (κ1) is 42.4. The van der Waals surface area contributed by atoms with Gasteiger partial charge in [0, 0.05) is 17.6 Å². The fourth-order valence-corrected chi connectivity index (χ4v) is 7.97. The van der Waals surface area contributed by atoms with E-state index in [0.717, 1.165) is 81.8 Å². The molecule has 0 spiro atoms. The lowest BCUT2D eigenvalue weighted by Gasteiger charge is -2.36. The van der Waals surface area contributed by atoms with Crippen LogP contribution in [0.1, 0.15) is 140 Å². The summed E-state index contributed by atoms with van der Waals surface area (Å²) >= 11 is 0. The summed E-state index contributed by atoms with van der Waals surface area (Å²) in [6, 6.07) is 26.9. The number of unbranched alkanes of at least 4 members (excludes halogenated alkanes) is 6. The molecule has 3 aromatic rings. The van der Waals surface area contributed by atoms with Gasteiger partial charge in [0.05, 0.1) is 13.2 Å². The first-order chi connectivity index (χ1) is 26.9. The minimum atomic E-state index is -0.287. The molecule has 4 nitrogen and oxygen atoms in total. The maximum atomic E-state index is 12.3. The molecule has 0 atom stereocenters. The molecule has 0 radical (unpaired) electrons. The fourth-order valence-electron chi connectivity index (χ4n) is 7.97. The Labute approximate surface area is 337 Å². The number of carbonyl (C=O) groups excluding carboxylic acids is 2. The predicted octanol–water partition coefficient (Wildman–Crippen LogP) is 13.3. The maximum Gasteiger partial charge on any atom is 0.330 e. The molecule has 5 rings (SSSR count). The molecule has 0 saturated heterocycles. The van der Waals surface area contributed by atoms with Crippen molar-refractivity contribution in [2.24, 2.45) is 5.41 Å². The molecule has 0 amide bonds. The first-order valence-electron chi connectivity index (χ1n) is 20.9. The second kappa shape index (κ2) is 19.9. The van der Waals surface area contributed by atoms with Gasteiger partial charge in [-0.25, -0.2) is 9.59 Å². The number of hydrogen-bond acceptors (Lipinski definition) is 4. The highest BCUT2D eigenvalue weighted by Crippen LogP contribution is 2.55. The summed E-state index contributed by atoms with van der Waals surface area (Å²) in [7, 11) is 0. The van der Waals surface area contributed by atoms with E-state index in [4.69, 9.17) is 9.47 Å². The van der Waals surface area contributed by atoms with Crippen LogP contribution in [-0.4, -0.2) is 25.2 Å². The molecule has 0 aliphatic heterocycles. The average molecular weight is 753 g/mol. The number of rotatable bonds is 18. The van der Waals surface area contributed by atoms with Crippen molar-refractivity contribution in [2.75, 3.05) is 13.2 Å². The van der Waals surface area contributed by atoms with E-state index in [0.29, 0.717) is 13.2 Å². The van der Waals surface area contributed by atoms with Crippen molar-refractivity contribution >= 4 is 29.7 Å². The van der Waals surface area contributed by atoms with Crippen LogP contribution in [0.2, 0.25) is 0 Å². The van der Waals surface area contributed by atoms with Crippen LogP contribution in [0.4, 0.5) is 0 Å². The SMILES string of the molecule is CC(C)(C)C1=CC2=C(C=CC1)c1ccc(C(C)(C)C)cc1C2(CCCCCCOC(=O)/C=C/c1ccccc1)CCCCCCOC(=O)/C=C/c1ccccc1. The van der Waals surface area contributed by atoms with Crippen LogP contribution < -0.4 is 0 Å². The Morgan fingerprint density at radius 1 is 0.643 bits per heavy atom. The van der Waals surface area contributed by atoms with Gasteiger partial charge in [-0.15, -0.1) is 0 Å². The zero-order chi connectivity index (χ0) is 40.0. The third-order valence-electron chi connectivity index (χ3n) is 11.3. The lowest BCUT2D eigenvalue weighted by molar-refractivity contribution is -0.138. The number of benzene rings is 3.